The number of hydrogen-bond acceptors (Lipinski definition) is 9. The number of nitriles is 1. The molecule has 2 atom stereocenters. The summed E-state index contributed by atoms with van der Waals surface area (Å²) in [6, 6.07) is 11.4. The molecule has 9 nitrogen and oxygen atoms in total. The van der Waals surface area contributed by atoms with Crippen LogP contribution in [0.5, 0.6) is 11.8 Å². The van der Waals surface area contributed by atoms with Gasteiger partial charge in [0.05, 0.1) is 23.0 Å². The van der Waals surface area contributed by atoms with Crippen molar-refractivity contribution in [3.8, 4) is 29.1 Å². The molecule has 0 radical (unpaired) electrons. The summed E-state index contributed by atoms with van der Waals surface area (Å²) in [5.74, 6) is -0.171. The third kappa shape index (κ3) is 3.78. The summed E-state index contributed by atoms with van der Waals surface area (Å²) in [7, 11) is 0. The summed E-state index contributed by atoms with van der Waals surface area (Å²) in [6.45, 7) is 7.79. The molecule has 43 heavy (non-hydrogen) atoms. The first-order chi connectivity index (χ1) is 21.0. The second-order valence-electron chi connectivity index (χ2n) is 12.3. The van der Waals surface area contributed by atoms with Crippen LogP contribution in [0.15, 0.2) is 43.1 Å². The van der Waals surface area contributed by atoms with E-state index in [9.17, 15) is 10.4 Å². The fourth-order valence-corrected chi connectivity index (χ4v) is 7.96. The van der Waals surface area contributed by atoms with Crippen LogP contribution in [0.3, 0.4) is 0 Å². The molecule has 4 aromatic rings. The molecule has 0 bridgehead atoms. The summed E-state index contributed by atoms with van der Waals surface area (Å²) >= 11 is 0. The number of phenols is 1. The van der Waals surface area contributed by atoms with Crippen molar-refractivity contribution in [2.45, 2.75) is 49.2 Å². The van der Waals surface area contributed by atoms with Crippen LogP contribution < -0.4 is 15.0 Å². The number of aromatic hydroxyl groups is 1. The second kappa shape index (κ2) is 9.59. The molecule has 4 fully saturated rings. The molecule has 0 aliphatic carbocycles. The van der Waals surface area contributed by atoms with E-state index in [1.807, 2.05) is 23.1 Å². The van der Waals surface area contributed by atoms with Crippen LogP contribution >= 0.6 is 0 Å². The van der Waals surface area contributed by atoms with Gasteiger partial charge >= 0.3 is 6.01 Å². The molecule has 4 saturated heterocycles. The van der Waals surface area contributed by atoms with Gasteiger partial charge in [-0.25, -0.2) is 4.39 Å². The molecule has 2 N–H and O–H groups in total. The van der Waals surface area contributed by atoms with Gasteiger partial charge in [0.15, 0.2) is 5.82 Å². The number of ether oxygens (including phenoxy) is 1. The SMILES string of the molecule is C=Cc1cccc2cc(O)cc(-c3ncc4c(N5CC6NCCC65C#N)nc(OCC56CCCN5CCC6)nc4c3F)c12. The molecule has 4 aliphatic rings. The van der Waals surface area contributed by atoms with Crippen molar-refractivity contribution in [2.75, 3.05) is 37.7 Å². The van der Waals surface area contributed by atoms with E-state index in [2.05, 4.69) is 32.8 Å². The molecule has 0 saturated carbocycles. The van der Waals surface area contributed by atoms with E-state index in [1.54, 1.807) is 18.3 Å². The van der Waals surface area contributed by atoms with Crippen LogP contribution in [0.4, 0.5) is 10.2 Å². The Hall–Kier alpha value is -4.33. The van der Waals surface area contributed by atoms with E-state index in [-0.39, 0.29) is 34.6 Å². The lowest BCUT2D eigenvalue weighted by Gasteiger charge is -2.51. The number of rotatable bonds is 6. The lowest BCUT2D eigenvalue weighted by molar-refractivity contribution is 0.107. The molecule has 10 heteroatoms. The van der Waals surface area contributed by atoms with Gasteiger partial charge in [-0.15, -0.1) is 0 Å². The third-order valence-corrected chi connectivity index (χ3v) is 10.2. The Morgan fingerprint density at radius 2 is 2.05 bits per heavy atom. The van der Waals surface area contributed by atoms with E-state index in [0.29, 0.717) is 36.3 Å². The maximum absolute atomic E-state index is 16.8. The fourth-order valence-electron chi connectivity index (χ4n) is 7.96. The van der Waals surface area contributed by atoms with Gasteiger partial charge in [-0.1, -0.05) is 30.9 Å². The van der Waals surface area contributed by atoms with Crippen LogP contribution in [0.2, 0.25) is 0 Å². The standard InChI is InChI=1S/C33H32FN7O2/c1-2-20-6-3-7-21-14-22(42)15-23(26(20)21)28-27(34)29-24(16-37-28)30(41-17-25-33(41,18-35)10-11-36-25)39-31(38-29)43-19-32-8-4-12-40(32)13-5-9-32/h2-3,6-7,14-16,25,36,42H,1,4-5,8-13,17,19H2. The number of aromatic nitrogens is 3. The quantitative estimate of drug-likeness (QED) is 0.334. The lowest BCUT2D eigenvalue weighted by atomic mass is 9.81. The van der Waals surface area contributed by atoms with Gasteiger partial charge in [0.2, 0.25) is 0 Å². The highest BCUT2D eigenvalue weighted by Crippen LogP contribution is 2.45. The van der Waals surface area contributed by atoms with Crippen LogP contribution in [-0.2, 0) is 0 Å². The molecule has 2 unspecified atom stereocenters. The van der Waals surface area contributed by atoms with Crippen molar-refractivity contribution >= 4 is 33.6 Å². The van der Waals surface area contributed by atoms with Gasteiger partial charge in [-0.2, -0.15) is 15.2 Å². The Bertz CT molecular complexity index is 1850. The summed E-state index contributed by atoms with van der Waals surface area (Å²) in [4.78, 5) is 18.5. The lowest BCUT2D eigenvalue weighted by Crippen LogP contribution is -2.71. The van der Waals surface area contributed by atoms with Crippen molar-refractivity contribution in [1.82, 2.24) is 25.2 Å². The molecule has 2 aromatic heterocycles. The average Bonchev–Trinajstić information content (AvgIpc) is 3.68. The van der Waals surface area contributed by atoms with E-state index >= 15 is 4.39 Å². The largest absolute Gasteiger partial charge is 0.508 e. The molecule has 6 heterocycles. The number of nitrogens with one attached hydrogen (secondary N) is 1. The molecule has 218 valence electrons. The monoisotopic (exact) mass is 577 g/mol. The molecule has 0 amide bonds. The number of anilines is 1. The van der Waals surface area contributed by atoms with Gasteiger partial charge in [0, 0.05) is 18.3 Å². The van der Waals surface area contributed by atoms with E-state index in [0.717, 1.165) is 61.7 Å². The zero-order valence-corrected chi connectivity index (χ0v) is 23.8. The highest BCUT2D eigenvalue weighted by molar-refractivity contribution is 6.04. The Labute approximate surface area is 248 Å². The molecule has 8 rings (SSSR count). The number of halogens is 1. The zero-order chi connectivity index (χ0) is 29.3. The first kappa shape index (κ1) is 26.3. The van der Waals surface area contributed by atoms with Crippen molar-refractivity contribution in [3.63, 3.8) is 0 Å². The maximum atomic E-state index is 16.8. The molecular weight excluding hydrogens is 545 g/mol. The van der Waals surface area contributed by atoms with Crippen molar-refractivity contribution in [1.29, 1.82) is 5.26 Å². The summed E-state index contributed by atoms with van der Waals surface area (Å²) in [6.07, 6.45) is 8.31. The smallest absolute Gasteiger partial charge is 0.319 e. The predicted octanol–water partition coefficient (Wildman–Crippen LogP) is 4.78. The predicted molar refractivity (Wildman–Crippen MR) is 162 cm³/mol. The fraction of sp³-hybridized carbons (Fsp3) is 0.394. The first-order valence-electron chi connectivity index (χ1n) is 15.0. The number of pyridine rings is 1. The molecular formula is C33H32FN7O2. The van der Waals surface area contributed by atoms with Crippen molar-refractivity contribution in [3.05, 3.63) is 54.5 Å². The number of nitrogens with zero attached hydrogens (tertiary/aromatic N) is 6. The molecule has 2 aromatic carbocycles. The minimum Gasteiger partial charge on any atom is -0.508 e. The van der Waals surface area contributed by atoms with E-state index < -0.39 is 11.4 Å². The molecule has 4 aliphatic heterocycles. The number of fused-ring (bicyclic) bond motifs is 4. The number of hydrogen-bond donors (Lipinski definition) is 2. The minimum absolute atomic E-state index is 0.00524. The van der Waals surface area contributed by atoms with Crippen molar-refractivity contribution in [2.24, 2.45) is 0 Å². The number of benzene rings is 2. The minimum atomic E-state index is -0.764. The topological polar surface area (TPSA) is 110 Å². The summed E-state index contributed by atoms with van der Waals surface area (Å²) < 4.78 is 23.1. The highest BCUT2D eigenvalue weighted by atomic mass is 19.1. The Morgan fingerprint density at radius 3 is 2.81 bits per heavy atom. The van der Waals surface area contributed by atoms with Crippen molar-refractivity contribution < 1.29 is 14.2 Å². The van der Waals surface area contributed by atoms with E-state index in [4.69, 9.17) is 9.72 Å². The van der Waals surface area contributed by atoms with Gasteiger partial charge in [-0.05, 0) is 80.2 Å². The van der Waals surface area contributed by atoms with E-state index in [1.165, 1.54) is 6.07 Å². The van der Waals surface area contributed by atoms with Gasteiger partial charge in [0.1, 0.15) is 34.9 Å². The maximum Gasteiger partial charge on any atom is 0.319 e. The van der Waals surface area contributed by atoms with Crippen LogP contribution in [0, 0.1) is 17.1 Å². The number of phenolic OH excluding ortho intramolecular Hbond substituents is 1. The first-order valence-corrected chi connectivity index (χ1v) is 15.0. The zero-order valence-electron chi connectivity index (χ0n) is 23.8. The Balaban J connectivity index is 1.30. The van der Waals surface area contributed by atoms with Gasteiger partial charge in [0.25, 0.3) is 0 Å². The highest BCUT2D eigenvalue weighted by Gasteiger charge is 2.58. The third-order valence-electron chi connectivity index (χ3n) is 10.2. The molecule has 0 spiro atoms. The summed E-state index contributed by atoms with van der Waals surface area (Å²) in [5.41, 5.74) is 0.583. The van der Waals surface area contributed by atoms with Crippen LogP contribution in [0.1, 0.15) is 37.7 Å². The van der Waals surface area contributed by atoms with Crippen LogP contribution in [-0.4, -0.2) is 74.9 Å². The normalized spacial score (nSPS) is 24.1. The van der Waals surface area contributed by atoms with Gasteiger partial charge < -0.3 is 20.1 Å². The summed E-state index contributed by atoms with van der Waals surface area (Å²) in [5, 5.41) is 26.1. The van der Waals surface area contributed by atoms with Gasteiger partial charge in [-0.3, -0.25) is 9.88 Å². The Morgan fingerprint density at radius 1 is 1.21 bits per heavy atom. The van der Waals surface area contributed by atoms with Crippen LogP contribution in [0.25, 0.3) is 39.0 Å². The Kier molecular flexibility index (Phi) is 5.87. The average molecular weight is 578 g/mol. The second-order valence-corrected chi connectivity index (χ2v) is 12.3.